The Hall–Kier alpha value is -4.84. The Bertz CT molecular complexity index is 1800. The Balaban J connectivity index is 1.34. The number of amides is 1. The molecule has 13 heteroatoms. The fourth-order valence-corrected chi connectivity index (χ4v) is 6.26. The molecule has 11 nitrogen and oxygen atoms in total. The zero-order chi connectivity index (χ0) is 31.0. The minimum absolute atomic E-state index is 0.0815. The van der Waals surface area contributed by atoms with Crippen molar-refractivity contribution in [3.63, 3.8) is 0 Å². The third kappa shape index (κ3) is 5.85. The van der Waals surface area contributed by atoms with Crippen molar-refractivity contribution in [2.75, 3.05) is 12.4 Å². The zero-order valence-corrected chi connectivity index (χ0v) is 25.1. The number of benzene rings is 2. The number of hydrogen-bond acceptors (Lipinski definition) is 7. The van der Waals surface area contributed by atoms with Gasteiger partial charge in [-0.1, -0.05) is 37.6 Å². The zero-order valence-electron chi connectivity index (χ0n) is 24.3. The van der Waals surface area contributed by atoms with Crippen LogP contribution in [0, 0.1) is 22.4 Å². The standard InChI is InChI=1S/C31H30ClFN8O3/c1-31(2)13-19(14-31)12-27(39-16-22(15-35-39)20-4-7-23(8-5-20)36-30(42)44-3)25-10-6-21(17-41(25)43)28-26(40-18-34-37-38-40)11-9-24(32)29(28)33/h4-11,15-19,27H,12-14H2,1-3H3,(H,36,42). The van der Waals surface area contributed by atoms with Crippen LogP contribution in [-0.4, -0.2) is 43.2 Å². The highest BCUT2D eigenvalue weighted by atomic mass is 35.5. The molecule has 1 aliphatic carbocycles. The fraction of sp³-hybridized carbons (Fsp3) is 0.290. The third-order valence-electron chi connectivity index (χ3n) is 8.05. The SMILES string of the molecule is COC(=O)Nc1ccc(-c2cnn(C(CC3CC(C)(C)C3)c3ccc(-c4c(-n5cnnn5)ccc(Cl)c4F)c[n+]3[O-])c2)cc1. The predicted molar refractivity (Wildman–Crippen MR) is 161 cm³/mol. The molecule has 1 atom stereocenters. The van der Waals surface area contributed by atoms with E-state index < -0.39 is 11.9 Å². The number of methoxy groups -OCH3 is 1. The molecular weight excluding hydrogens is 587 g/mol. The second-order valence-electron chi connectivity index (χ2n) is 11.8. The van der Waals surface area contributed by atoms with Gasteiger partial charge in [-0.25, -0.2) is 9.18 Å². The summed E-state index contributed by atoms with van der Waals surface area (Å²) in [7, 11) is 1.31. The fourth-order valence-electron chi connectivity index (χ4n) is 6.10. The number of pyridine rings is 1. The number of nitrogens with one attached hydrogen (secondary N) is 1. The summed E-state index contributed by atoms with van der Waals surface area (Å²) < 4.78 is 24.0. The van der Waals surface area contributed by atoms with Crippen molar-refractivity contribution in [3.8, 4) is 27.9 Å². The molecule has 0 saturated heterocycles. The lowest BCUT2D eigenvalue weighted by atomic mass is 9.62. The van der Waals surface area contributed by atoms with Crippen LogP contribution in [0.3, 0.4) is 0 Å². The summed E-state index contributed by atoms with van der Waals surface area (Å²) in [6.45, 7) is 4.49. The van der Waals surface area contributed by atoms with Crippen molar-refractivity contribution >= 4 is 23.4 Å². The first-order valence-electron chi connectivity index (χ1n) is 14.1. The van der Waals surface area contributed by atoms with Crippen molar-refractivity contribution in [1.82, 2.24) is 30.0 Å². The van der Waals surface area contributed by atoms with Crippen molar-refractivity contribution in [2.45, 2.75) is 39.2 Å². The van der Waals surface area contributed by atoms with Gasteiger partial charge in [0, 0.05) is 23.5 Å². The number of ether oxygens (including phenoxy) is 1. The first-order chi connectivity index (χ1) is 21.1. The van der Waals surface area contributed by atoms with Gasteiger partial charge in [0.2, 0.25) is 5.69 Å². The van der Waals surface area contributed by atoms with Gasteiger partial charge in [0.15, 0.2) is 12.0 Å². The molecule has 3 heterocycles. The number of anilines is 1. The van der Waals surface area contributed by atoms with Gasteiger partial charge in [-0.2, -0.15) is 14.5 Å². The van der Waals surface area contributed by atoms with Crippen molar-refractivity contribution in [1.29, 1.82) is 0 Å². The number of tetrazole rings is 1. The van der Waals surface area contributed by atoms with E-state index in [9.17, 15) is 10.0 Å². The van der Waals surface area contributed by atoms with E-state index in [1.807, 2.05) is 23.0 Å². The van der Waals surface area contributed by atoms with Gasteiger partial charge in [0.25, 0.3) is 0 Å². The molecule has 1 aliphatic rings. The minimum atomic E-state index is -0.676. The summed E-state index contributed by atoms with van der Waals surface area (Å²) in [5, 5.41) is 32.1. The molecule has 44 heavy (non-hydrogen) atoms. The maximum Gasteiger partial charge on any atom is 0.411 e. The van der Waals surface area contributed by atoms with Crippen LogP contribution in [0.25, 0.3) is 27.9 Å². The van der Waals surface area contributed by atoms with E-state index in [2.05, 4.69) is 44.5 Å². The lowest BCUT2D eigenvalue weighted by molar-refractivity contribution is -0.615. The molecule has 1 N–H and O–H groups in total. The monoisotopic (exact) mass is 616 g/mol. The quantitative estimate of drug-likeness (QED) is 0.162. The number of nitrogens with zero attached hydrogens (tertiary/aromatic N) is 7. The van der Waals surface area contributed by atoms with E-state index >= 15 is 4.39 Å². The van der Waals surface area contributed by atoms with E-state index in [1.165, 1.54) is 30.4 Å². The summed E-state index contributed by atoms with van der Waals surface area (Å²) in [6.07, 6.45) is 8.64. The summed E-state index contributed by atoms with van der Waals surface area (Å²) in [5.74, 6) is -0.256. The van der Waals surface area contributed by atoms with E-state index in [1.54, 1.807) is 36.5 Å². The topological polar surface area (TPSA) is 127 Å². The Morgan fingerprint density at radius 3 is 2.57 bits per heavy atom. The second-order valence-corrected chi connectivity index (χ2v) is 12.2. The van der Waals surface area contributed by atoms with Gasteiger partial charge >= 0.3 is 6.09 Å². The summed E-state index contributed by atoms with van der Waals surface area (Å²) >= 11 is 6.14. The maximum absolute atomic E-state index is 15.4. The normalized spacial score (nSPS) is 15.0. The van der Waals surface area contributed by atoms with Gasteiger partial charge in [-0.05, 0) is 76.9 Å². The lowest BCUT2D eigenvalue weighted by Gasteiger charge is -2.43. The molecule has 3 aromatic heterocycles. The van der Waals surface area contributed by atoms with Crippen LogP contribution in [0.2, 0.25) is 5.02 Å². The molecule has 0 spiro atoms. The molecule has 0 aliphatic heterocycles. The van der Waals surface area contributed by atoms with Gasteiger partial charge in [-0.15, -0.1) is 5.10 Å². The number of rotatable bonds is 8. The van der Waals surface area contributed by atoms with Crippen LogP contribution in [0.1, 0.15) is 44.8 Å². The van der Waals surface area contributed by atoms with Crippen LogP contribution in [0.15, 0.2) is 73.4 Å². The van der Waals surface area contributed by atoms with Crippen LogP contribution >= 0.6 is 11.6 Å². The Labute approximate surface area is 257 Å². The molecule has 0 radical (unpaired) electrons. The van der Waals surface area contributed by atoms with Crippen molar-refractivity contribution in [3.05, 3.63) is 95.2 Å². The lowest BCUT2D eigenvalue weighted by Crippen LogP contribution is -2.39. The Morgan fingerprint density at radius 1 is 1.16 bits per heavy atom. The molecular formula is C31H30ClFN8O3. The molecule has 1 fully saturated rings. The average molecular weight is 617 g/mol. The summed E-state index contributed by atoms with van der Waals surface area (Å²) in [6, 6.07) is 13.4. The summed E-state index contributed by atoms with van der Waals surface area (Å²) in [5.41, 5.74) is 3.90. The highest BCUT2D eigenvalue weighted by Gasteiger charge is 2.39. The molecule has 1 unspecified atom stereocenters. The van der Waals surface area contributed by atoms with Crippen LogP contribution < -0.4 is 10.0 Å². The number of hydrogen-bond donors (Lipinski definition) is 1. The van der Waals surface area contributed by atoms with Gasteiger partial charge in [-0.3, -0.25) is 10.00 Å². The van der Waals surface area contributed by atoms with E-state index in [0.717, 1.165) is 35.1 Å². The molecule has 6 rings (SSSR count). The van der Waals surface area contributed by atoms with Crippen LogP contribution in [0.5, 0.6) is 0 Å². The van der Waals surface area contributed by atoms with Gasteiger partial charge in [0.1, 0.15) is 12.4 Å². The number of carbonyl (C=O) groups excluding carboxylic acids is 1. The van der Waals surface area contributed by atoms with E-state index in [0.29, 0.717) is 28.6 Å². The molecule has 2 aromatic carbocycles. The first kappa shape index (κ1) is 29.2. The minimum Gasteiger partial charge on any atom is -0.618 e. The van der Waals surface area contributed by atoms with Crippen LogP contribution in [-0.2, 0) is 4.74 Å². The first-order valence-corrected chi connectivity index (χ1v) is 14.4. The number of halogens is 2. The van der Waals surface area contributed by atoms with E-state index in [4.69, 9.17) is 11.6 Å². The Kier molecular flexibility index (Phi) is 7.76. The number of aromatic nitrogens is 7. The van der Waals surface area contributed by atoms with Crippen molar-refractivity contribution < 1.29 is 18.7 Å². The molecule has 0 bridgehead atoms. The van der Waals surface area contributed by atoms with Crippen molar-refractivity contribution in [2.24, 2.45) is 11.3 Å². The molecule has 5 aromatic rings. The predicted octanol–water partition coefficient (Wildman–Crippen LogP) is 6.21. The Morgan fingerprint density at radius 2 is 1.91 bits per heavy atom. The highest BCUT2D eigenvalue weighted by Crippen LogP contribution is 2.48. The maximum atomic E-state index is 15.4. The van der Waals surface area contributed by atoms with Gasteiger partial charge in [0.05, 0.1) is 35.1 Å². The van der Waals surface area contributed by atoms with E-state index in [-0.39, 0.29) is 22.0 Å². The largest absolute Gasteiger partial charge is 0.618 e. The molecule has 1 saturated carbocycles. The molecule has 226 valence electrons. The van der Waals surface area contributed by atoms with Gasteiger partial charge < -0.3 is 9.94 Å². The van der Waals surface area contributed by atoms with Crippen LogP contribution in [0.4, 0.5) is 14.9 Å². The highest BCUT2D eigenvalue weighted by molar-refractivity contribution is 6.31. The average Bonchev–Trinajstić information content (AvgIpc) is 3.70. The molecule has 1 amide bonds. The third-order valence-corrected chi connectivity index (χ3v) is 8.35. The number of carbonyl (C=O) groups is 1. The second kappa shape index (κ2) is 11.7. The smallest absolute Gasteiger partial charge is 0.411 e. The summed E-state index contributed by atoms with van der Waals surface area (Å²) in [4.78, 5) is 11.5.